The van der Waals surface area contributed by atoms with Crippen LogP contribution in [0.1, 0.15) is 20.8 Å². The van der Waals surface area contributed by atoms with Crippen LogP contribution in [0.15, 0.2) is 0 Å². The minimum atomic E-state index is 0.287. The van der Waals surface area contributed by atoms with E-state index in [9.17, 15) is 0 Å². The van der Waals surface area contributed by atoms with Gasteiger partial charge in [0, 0.05) is 0 Å². The summed E-state index contributed by atoms with van der Waals surface area (Å²) < 4.78 is 10.4. The second-order valence-electron chi connectivity index (χ2n) is 4.03. The van der Waals surface area contributed by atoms with Crippen molar-refractivity contribution in [3.05, 3.63) is 0 Å². The Balaban J connectivity index is 1.93. The SMILES string of the molecule is CC(C)(C)BOCC1CO1. The van der Waals surface area contributed by atoms with E-state index in [2.05, 4.69) is 20.8 Å². The first kappa shape index (κ1) is 8.09. The molecular formula is C7H15BO2. The molecule has 0 aromatic carbocycles. The van der Waals surface area contributed by atoms with Crippen molar-refractivity contribution in [2.24, 2.45) is 0 Å². The van der Waals surface area contributed by atoms with E-state index in [0.717, 1.165) is 20.7 Å². The molecule has 1 saturated heterocycles. The molecule has 1 rings (SSSR count). The van der Waals surface area contributed by atoms with E-state index in [1.165, 1.54) is 0 Å². The highest BCUT2D eigenvalue weighted by molar-refractivity contribution is 6.31. The van der Waals surface area contributed by atoms with Gasteiger partial charge in [0.15, 0.2) is 0 Å². The predicted molar refractivity (Wildman–Crippen MR) is 42.6 cm³/mol. The van der Waals surface area contributed by atoms with Crippen LogP contribution in [0.5, 0.6) is 0 Å². The van der Waals surface area contributed by atoms with Crippen LogP contribution < -0.4 is 0 Å². The van der Waals surface area contributed by atoms with Gasteiger partial charge in [-0.3, -0.25) is 0 Å². The van der Waals surface area contributed by atoms with E-state index < -0.39 is 0 Å². The number of ether oxygens (including phenoxy) is 1. The summed E-state index contributed by atoms with van der Waals surface area (Å²) in [6.07, 6.45) is 0.405. The second-order valence-corrected chi connectivity index (χ2v) is 4.03. The first-order valence-corrected chi connectivity index (χ1v) is 3.77. The molecule has 1 heterocycles. The lowest BCUT2D eigenvalue weighted by molar-refractivity contribution is 0.265. The molecule has 3 heteroatoms. The summed E-state index contributed by atoms with van der Waals surface area (Å²) in [6.45, 7) is 8.17. The number of hydrogen-bond donors (Lipinski definition) is 0. The van der Waals surface area contributed by atoms with Crippen LogP contribution in [-0.2, 0) is 9.39 Å². The molecule has 0 aromatic heterocycles. The van der Waals surface area contributed by atoms with Crippen LogP contribution in [0.4, 0.5) is 0 Å². The summed E-state index contributed by atoms with van der Waals surface area (Å²) in [6, 6.07) is 0. The van der Waals surface area contributed by atoms with Gasteiger partial charge in [-0.25, -0.2) is 0 Å². The Labute approximate surface area is 63.2 Å². The van der Waals surface area contributed by atoms with E-state index in [4.69, 9.17) is 9.39 Å². The summed E-state index contributed by atoms with van der Waals surface area (Å²) in [4.78, 5) is 0. The van der Waals surface area contributed by atoms with Gasteiger partial charge < -0.3 is 9.39 Å². The van der Waals surface area contributed by atoms with Crippen molar-refractivity contribution in [1.82, 2.24) is 0 Å². The molecule has 1 fully saturated rings. The van der Waals surface area contributed by atoms with Crippen molar-refractivity contribution in [1.29, 1.82) is 0 Å². The minimum Gasteiger partial charge on any atom is -0.436 e. The van der Waals surface area contributed by atoms with Crippen LogP contribution >= 0.6 is 0 Å². The summed E-state index contributed by atoms with van der Waals surface area (Å²) in [5.41, 5.74) is 0. The quantitative estimate of drug-likeness (QED) is 0.432. The van der Waals surface area contributed by atoms with Gasteiger partial charge in [0.25, 0.3) is 7.48 Å². The molecular weight excluding hydrogens is 127 g/mol. The largest absolute Gasteiger partial charge is 0.436 e. The maximum absolute atomic E-state index is 5.40. The van der Waals surface area contributed by atoms with Gasteiger partial charge in [0.1, 0.15) is 6.10 Å². The molecule has 0 spiro atoms. The number of rotatable bonds is 3. The topological polar surface area (TPSA) is 21.8 Å². The zero-order valence-corrected chi connectivity index (χ0v) is 7.02. The van der Waals surface area contributed by atoms with Gasteiger partial charge in [0.2, 0.25) is 0 Å². The molecule has 1 unspecified atom stereocenters. The molecule has 0 saturated carbocycles. The van der Waals surface area contributed by atoms with E-state index in [-0.39, 0.29) is 5.31 Å². The Morgan fingerprint density at radius 1 is 1.60 bits per heavy atom. The first-order chi connectivity index (χ1) is 4.58. The fourth-order valence-electron chi connectivity index (χ4n) is 0.661. The van der Waals surface area contributed by atoms with Crippen molar-refractivity contribution < 1.29 is 9.39 Å². The maximum atomic E-state index is 5.40. The number of epoxide rings is 1. The second kappa shape index (κ2) is 2.93. The third kappa shape index (κ3) is 3.91. The molecule has 0 aliphatic carbocycles. The van der Waals surface area contributed by atoms with Crippen molar-refractivity contribution in [3.63, 3.8) is 0 Å². The van der Waals surface area contributed by atoms with Crippen LogP contribution in [-0.4, -0.2) is 26.8 Å². The molecule has 1 aliphatic heterocycles. The monoisotopic (exact) mass is 142 g/mol. The minimum absolute atomic E-state index is 0.287. The highest BCUT2D eigenvalue weighted by Crippen LogP contribution is 2.20. The lowest BCUT2D eigenvalue weighted by Gasteiger charge is -2.14. The Kier molecular flexibility index (Phi) is 2.37. The Morgan fingerprint density at radius 3 is 2.60 bits per heavy atom. The van der Waals surface area contributed by atoms with Crippen LogP contribution in [0.25, 0.3) is 0 Å². The molecule has 1 atom stereocenters. The van der Waals surface area contributed by atoms with E-state index in [0.29, 0.717) is 6.10 Å². The van der Waals surface area contributed by atoms with Gasteiger partial charge in [0.05, 0.1) is 13.2 Å². The molecule has 1 aliphatic rings. The third-order valence-corrected chi connectivity index (χ3v) is 1.24. The Morgan fingerprint density at radius 2 is 2.20 bits per heavy atom. The van der Waals surface area contributed by atoms with Crippen molar-refractivity contribution in [2.75, 3.05) is 13.2 Å². The number of hydrogen-bond acceptors (Lipinski definition) is 2. The Hall–Kier alpha value is -0.0151. The van der Waals surface area contributed by atoms with Gasteiger partial charge in [-0.1, -0.05) is 20.8 Å². The molecule has 10 heavy (non-hydrogen) atoms. The molecule has 2 nitrogen and oxygen atoms in total. The van der Waals surface area contributed by atoms with Crippen molar-refractivity contribution >= 4 is 7.48 Å². The molecule has 0 amide bonds. The average Bonchev–Trinajstić information content (AvgIpc) is 2.45. The zero-order valence-electron chi connectivity index (χ0n) is 7.02. The summed E-state index contributed by atoms with van der Waals surface area (Å²) >= 11 is 0. The highest BCUT2D eigenvalue weighted by atomic mass is 16.6. The summed E-state index contributed by atoms with van der Waals surface area (Å²) in [7, 11) is 0.826. The zero-order chi connectivity index (χ0) is 7.61. The Bertz CT molecular complexity index is 105. The van der Waals surface area contributed by atoms with Gasteiger partial charge in [-0.15, -0.1) is 0 Å². The smallest absolute Gasteiger partial charge is 0.280 e. The molecule has 0 N–H and O–H groups in total. The van der Waals surface area contributed by atoms with Crippen molar-refractivity contribution in [2.45, 2.75) is 32.2 Å². The standard InChI is InChI=1S/C7H15BO2/c1-7(2,3)8-10-5-6-4-9-6/h6,8H,4-5H2,1-3H3. The van der Waals surface area contributed by atoms with Crippen LogP contribution in [0.3, 0.4) is 0 Å². The van der Waals surface area contributed by atoms with E-state index in [1.807, 2.05) is 0 Å². The fraction of sp³-hybridized carbons (Fsp3) is 1.00. The first-order valence-electron chi connectivity index (χ1n) is 3.77. The fourth-order valence-corrected chi connectivity index (χ4v) is 0.661. The molecule has 58 valence electrons. The predicted octanol–water partition coefficient (Wildman–Crippen LogP) is 0.972. The van der Waals surface area contributed by atoms with Crippen LogP contribution in [0, 0.1) is 0 Å². The summed E-state index contributed by atoms with van der Waals surface area (Å²) in [5.74, 6) is 0. The molecule has 0 aromatic rings. The lowest BCUT2D eigenvalue weighted by atomic mass is 9.68. The van der Waals surface area contributed by atoms with Crippen molar-refractivity contribution in [3.8, 4) is 0 Å². The van der Waals surface area contributed by atoms with Crippen LogP contribution in [0.2, 0.25) is 5.31 Å². The normalized spacial score (nSPS) is 24.5. The van der Waals surface area contributed by atoms with Gasteiger partial charge in [-0.2, -0.15) is 0 Å². The molecule has 0 radical (unpaired) electrons. The third-order valence-electron chi connectivity index (χ3n) is 1.24. The highest BCUT2D eigenvalue weighted by Gasteiger charge is 2.23. The van der Waals surface area contributed by atoms with Gasteiger partial charge >= 0.3 is 0 Å². The van der Waals surface area contributed by atoms with E-state index in [1.54, 1.807) is 0 Å². The van der Waals surface area contributed by atoms with Gasteiger partial charge in [-0.05, 0) is 5.31 Å². The summed E-state index contributed by atoms with van der Waals surface area (Å²) in [5, 5.41) is 0.287. The average molecular weight is 142 g/mol. The maximum Gasteiger partial charge on any atom is 0.280 e. The van der Waals surface area contributed by atoms with E-state index >= 15 is 0 Å². The molecule has 0 bridgehead atoms. The lowest BCUT2D eigenvalue weighted by Crippen LogP contribution is -2.15.